The molecule has 0 bridgehead atoms. The zero-order valence-corrected chi connectivity index (χ0v) is 24.5. The largest absolute Gasteiger partial charge is 0.396 e. The van der Waals surface area contributed by atoms with E-state index >= 15 is 0 Å². The molecule has 4 heteroatoms. The van der Waals surface area contributed by atoms with Crippen LogP contribution in [0.1, 0.15) is 39.0 Å². The molecular weight excluding hydrogens is 500 g/mol. The molecule has 2 atom stereocenters. The zero-order chi connectivity index (χ0) is 28.9. The molecular formula is C37H40N4. The van der Waals surface area contributed by atoms with Crippen molar-refractivity contribution < 1.29 is 0 Å². The number of anilines is 3. The smallest absolute Gasteiger partial charge is 0.108 e. The zero-order valence-electron chi connectivity index (χ0n) is 24.5. The van der Waals surface area contributed by atoms with Crippen LogP contribution < -0.4 is 16.4 Å². The molecule has 0 saturated heterocycles. The average Bonchev–Trinajstić information content (AvgIpc) is 3.52. The van der Waals surface area contributed by atoms with Crippen LogP contribution in [0.2, 0.25) is 0 Å². The molecule has 0 fully saturated rings. The molecule has 4 N–H and O–H groups in total. The third-order valence-electron chi connectivity index (χ3n) is 7.91. The number of fused-ring (bicyclic) bond motifs is 2. The fraction of sp³-hybridized carbons (Fsp3) is 0.189. The van der Waals surface area contributed by atoms with E-state index in [0.717, 1.165) is 28.8 Å². The van der Waals surface area contributed by atoms with Gasteiger partial charge in [-0.1, -0.05) is 111 Å². The molecule has 1 aliphatic heterocycles. The number of para-hydroxylation sites is 3. The maximum absolute atomic E-state index is 6.83. The van der Waals surface area contributed by atoms with Crippen LogP contribution in [0.4, 0.5) is 17.1 Å². The van der Waals surface area contributed by atoms with Gasteiger partial charge in [0, 0.05) is 34.8 Å². The number of aromatic nitrogens is 1. The monoisotopic (exact) mass is 540 g/mol. The predicted octanol–water partition coefficient (Wildman–Crippen LogP) is 9.02. The Kier molecular flexibility index (Phi) is 8.30. The minimum absolute atomic E-state index is 0.367. The normalized spacial score (nSPS) is 19.4. The number of allylic oxidation sites excluding steroid dienone is 7. The molecule has 3 aromatic carbocycles. The van der Waals surface area contributed by atoms with Crippen LogP contribution in [0, 0.1) is 11.8 Å². The van der Waals surface area contributed by atoms with Crippen LogP contribution in [0.25, 0.3) is 28.4 Å². The third kappa shape index (κ3) is 5.38. The van der Waals surface area contributed by atoms with Crippen LogP contribution in [0.3, 0.4) is 0 Å². The van der Waals surface area contributed by atoms with Crippen molar-refractivity contribution in [1.82, 2.24) is 4.57 Å². The average molecular weight is 541 g/mol. The van der Waals surface area contributed by atoms with Gasteiger partial charge in [-0.05, 0) is 54.8 Å². The predicted molar refractivity (Wildman–Crippen MR) is 179 cm³/mol. The fourth-order valence-corrected chi connectivity index (χ4v) is 5.84. The number of hydrogen-bond acceptors (Lipinski definition) is 3. The van der Waals surface area contributed by atoms with Gasteiger partial charge in [0.2, 0.25) is 0 Å². The van der Waals surface area contributed by atoms with Gasteiger partial charge in [0.1, 0.15) is 5.82 Å². The number of nitrogen functional groups attached to an aromatic ring is 1. The van der Waals surface area contributed by atoms with Crippen molar-refractivity contribution in [3.05, 3.63) is 132 Å². The molecule has 1 aromatic heterocycles. The van der Waals surface area contributed by atoms with E-state index in [4.69, 9.17) is 11.5 Å². The van der Waals surface area contributed by atoms with Crippen molar-refractivity contribution in [2.75, 3.05) is 17.2 Å². The third-order valence-corrected chi connectivity index (χ3v) is 7.91. The molecule has 2 unspecified atom stereocenters. The van der Waals surface area contributed by atoms with Crippen molar-refractivity contribution in [3.8, 4) is 0 Å². The van der Waals surface area contributed by atoms with E-state index in [2.05, 4.69) is 127 Å². The van der Waals surface area contributed by atoms with Gasteiger partial charge >= 0.3 is 0 Å². The first kappa shape index (κ1) is 27.9. The Labute approximate surface area is 244 Å². The van der Waals surface area contributed by atoms with Gasteiger partial charge in [-0.3, -0.25) is 4.57 Å². The van der Waals surface area contributed by atoms with Gasteiger partial charge in [0.25, 0.3) is 0 Å². The Bertz CT molecular complexity index is 1680. The summed E-state index contributed by atoms with van der Waals surface area (Å²) in [5, 5.41) is 1.00. The van der Waals surface area contributed by atoms with Gasteiger partial charge < -0.3 is 16.4 Å². The van der Waals surface area contributed by atoms with Crippen LogP contribution in [0.5, 0.6) is 0 Å². The van der Waals surface area contributed by atoms with Gasteiger partial charge in [-0.15, -0.1) is 0 Å². The highest BCUT2D eigenvalue weighted by atomic mass is 15.2. The lowest BCUT2D eigenvalue weighted by Gasteiger charge is -2.21. The Morgan fingerprint density at radius 2 is 1.54 bits per heavy atom. The van der Waals surface area contributed by atoms with Gasteiger partial charge in [0.05, 0.1) is 16.9 Å². The van der Waals surface area contributed by atoms with Crippen molar-refractivity contribution in [2.45, 2.75) is 27.7 Å². The van der Waals surface area contributed by atoms with Gasteiger partial charge in [-0.2, -0.15) is 0 Å². The molecule has 41 heavy (non-hydrogen) atoms. The van der Waals surface area contributed by atoms with Gasteiger partial charge in [0.15, 0.2) is 0 Å². The first-order chi connectivity index (χ1) is 20.0. The molecule has 0 radical (unpaired) electrons. The summed E-state index contributed by atoms with van der Waals surface area (Å²) in [4.78, 5) is 2.35. The van der Waals surface area contributed by atoms with E-state index < -0.39 is 0 Å². The lowest BCUT2D eigenvalue weighted by molar-refractivity contribution is 0.576. The Balaban J connectivity index is 0.00000165. The van der Waals surface area contributed by atoms with Crippen molar-refractivity contribution in [2.24, 2.45) is 17.6 Å². The molecule has 4 nitrogen and oxygen atoms in total. The van der Waals surface area contributed by atoms with Crippen LogP contribution in [-0.2, 0) is 0 Å². The first-order valence-electron chi connectivity index (χ1n) is 14.5. The van der Waals surface area contributed by atoms with Crippen LogP contribution in [0.15, 0.2) is 121 Å². The van der Waals surface area contributed by atoms with Gasteiger partial charge in [-0.25, -0.2) is 0 Å². The number of benzene rings is 3. The van der Waals surface area contributed by atoms with Crippen LogP contribution >= 0.6 is 0 Å². The number of hydrogen-bond donors (Lipinski definition) is 2. The topological polar surface area (TPSA) is 60.2 Å². The van der Waals surface area contributed by atoms with E-state index in [1.165, 1.54) is 28.1 Å². The molecule has 2 heterocycles. The van der Waals surface area contributed by atoms with Crippen molar-refractivity contribution in [1.29, 1.82) is 0 Å². The summed E-state index contributed by atoms with van der Waals surface area (Å²) in [5.41, 5.74) is 22.3. The second-order valence-corrected chi connectivity index (χ2v) is 10.4. The van der Waals surface area contributed by atoms with E-state index in [1.807, 2.05) is 32.1 Å². The lowest BCUT2D eigenvalue weighted by atomic mass is 9.84. The van der Waals surface area contributed by atoms with Crippen molar-refractivity contribution >= 4 is 45.4 Å². The highest BCUT2D eigenvalue weighted by Crippen LogP contribution is 2.42. The Morgan fingerprint density at radius 3 is 2.32 bits per heavy atom. The number of nitrogens with two attached hydrogens (primary N) is 2. The van der Waals surface area contributed by atoms with E-state index in [9.17, 15) is 0 Å². The van der Waals surface area contributed by atoms with Crippen LogP contribution in [-0.4, -0.2) is 11.1 Å². The number of nitrogens with zero attached hydrogens (tertiary/aromatic N) is 2. The molecule has 208 valence electrons. The summed E-state index contributed by atoms with van der Waals surface area (Å²) >= 11 is 0. The summed E-state index contributed by atoms with van der Waals surface area (Å²) in [7, 11) is 0. The quantitative estimate of drug-likeness (QED) is 0.248. The molecule has 1 aliphatic carbocycles. The molecule has 6 rings (SSSR count). The highest BCUT2D eigenvalue weighted by molar-refractivity contribution is 6.04. The Hall–Kier alpha value is -4.70. The minimum Gasteiger partial charge on any atom is -0.396 e. The highest BCUT2D eigenvalue weighted by Gasteiger charge is 2.26. The first-order valence-corrected chi connectivity index (χ1v) is 14.5. The number of rotatable bonds is 5. The maximum Gasteiger partial charge on any atom is 0.108 e. The molecule has 4 aromatic rings. The van der Waals surface area contributed by atoms with E-state index in [1.54, 1.807) is 0 Å². The summed E-state index contributed by atoms with van der Waals surface area (Å²) < 4.78 is 2.09. The Morgan fingerprint density at radius 1 is 0.854 bits per heavy atom. The molecule has 0 spiro atoms. The summed E-state index contributed by atoms with van der Waals surface area (Å²) in [5.74, 6) is 1.47. The summed E-state index contributed by atoms with van der Waals surface area (Å²) in [6, 6.07) is 27.3. The second kappa shape index (κ2) is 12.2. The summed E-state index contributed by atoms with van der Waals surface area (Å²) in [6.45, 7) is 9.18. The van der Waals surface area contributed by atoms with E-state index in [0.29, 0.717) is 17.7 Å². The maximum atomic E-state index is 6.83. The molecule has 0 saturated carbocycles. The minimum atomic E-state index is 0.367. The lowest BCUT2D eigenvalue weighted by Crippen LogP contribution is -2.13. The van der Waals surface area contributed by atoms with Crippen molar-refractivity contribution in [3.63, 3.8) is 0 Å². The second-order valence-electron chi connectivity index (χ2n) is 10.4. The SMILES string of the molecule is C/C(=C\C=C(/N)n1c(/C=C2\CN(c3ccccc3)c3ccccc32)c(N)c2ccccc21)C1C=CC=CC1C.CC. The summed E-state index contributed by atoms with van der Waals surface area (Å²) in [6.07, 6.45) is 15.1. The standard InChI is InChI=1S/C35H34N4.C2H6/c1-24-12-6-7-15-28(24)25(2)20-21-34(36)39-32-19-11-9-17-30(32)35(37)33(39)22-26-23-38(27-13-4-3-5-14-27)31-18-10-8-16-29(26)31;1-2/h3-22,24,28H,23,36-37H2,1-2H3;1-2H3/b25-20+,26-22+,34-21+;. The fourth-order valence-electron chi connectivity index (χ4n) is 5.84. The van der Waals surface area contributed by atoms with E-state index in [-0.39, 0.29) is 0 Å². The molecule has 0 amide bonds. The molecule has 2 aliphatic rings.